The van der Waals surface area contributed by atoms with Crippen molar-refractivity contribution in [3.8, 4) is 0 Å². The topological polar surface area (TPSA) is 0 Å². The Labute approximate surface area is 104 Å². The molecule has 0 fully saturated rings. The van der Waals surface area contributed by atoms with Gasteiger partial charge in [0.15, 0.2) is 0 Å². The average Bonchev–Trinajstić information content (AvgIpc) is 2.27. The molecule has 0 saturated carbocycles. The van der Waals surface area contributed by atoms with Gasteiger partial charge in [0, 0.05) is 6.42 Å². The fourth-order valence-corrected chi connectivity index (χ4v) is 1.63. The quantitative estimate of drug-likeness (QED) is 0.357. The number of halogens is 6. The number of unbranched alkanes of at least 4 members (excludes halogenated alkanes) is 6. The standard InChI is InChI=1S/C12H20F6/c1-2-3-4-5-6-7-8-9-11(15,16)12(17,18)10(13)14/h10H,2-9H2,1H3. The first-order valence-electron chi connectivity index (χ1n) is 6.29. The Bertz CT molecular complexity index is 215. The molecule has 0 N–H and O–H groups in total. The van der Waals surface area contributed by atoms with Crippen LogP contribution in [0.3, 0.4) is 0 Å². The zero-order valence-corrected chi connectivity index (χ0v) is 10.5. The molecule has 0 heterocycles. The van der Waals surface area contributed by atoms with E-state index >= 15 is 0 Å². The van der Waals surface area contributed by atoms with Crippen molar-refractivity contribution in [2.45, 2.75) is 76.6 Å². The lowest BCUT2D eigenvalue weighted by Crippen LogP contribution is -2.46. The molecule has 0 spiro atoms. The van der Waals surface area contributed by atoms with Gasteiger partial charge in [0.25, 0.3) is 0 Å². The molecular formula is C12H20F6. The third-order valence-electron chi connectivity index (χ3n) is 2.86. The Balaban J connectivity index is 3.84. The number of alkyl halides is 6. The van der Waals surface area contributed by atoms with E-state index in [0.29, 0.717) is 12.8 Å². The summed E-state index contributed by atoms with van der Waals surface area (Å²) in [5.41, 5.74) is 0. The molecular weight excluding hydrogens is 258 g/mol. The number of hydrogen-bond donors (Lipinski definition) is 0. The van der Waals surface area contributed by atoms with Gasteiger partial charge in [-0.3, -0.25) is 0 Å². The Morgan fingerprint density at radius 3 is 1.67 bits per heavy atom. The molecule has 0 saturated heterocycles. The van der Waals surface area contributed by atoms with Crippen molar-refractivity contribution in [3.63, 3.8) is 0 Å². The van der Waals surface area contributed by atoms with Crippen molar-refractivity contribution in [1.82, 2.24) is 0 Å². The Kier molecular flexibility index (Phi) is 7.71. The molecule has 0 aliphatic heterocycles. The monoisotopic (exact) mass is 278 g/mol. The summed E-state index contributed by atoms with van der Waals surface area (Å²) in [6, 6.07) is 0. The van der Waals surface area contributed by atoms with Crippen molar-refractivity contribution in [2.75, 3.05) is 0 Å². The van der Waals surface area contributed by atoms with Gasteiger partial charge in [0.1, 0.15) is 0 Å². The minimum absolute atomic E-state index is 0.151. The fourth-order valence-electron chi connectivity index (χ4n) is 1.63. The lowest BCUT2D eigenvalue weighted by atomic mass is 10.0. The van der Waals surface area contributed by atoms with Gasteiger partial charge in [0.05, 0.1) is 0 Å². The minimum Gasteiger partial charge on any atom is -0.203 e. The van der Waals surface area contributed by atoms with Crippen molar-refractivity contribution < 1.29 is 26.3 Å². The molecule has 0 nitrogen and oxygen atoms in total. The summed E-state index contributed by atoms with van der Waals surface area (Å²) in [7, 11) is 0. The van der Waals surface area contributed by atoms with E-state index in [1.54, 1.807) is 0 Å². The van der Waals surface area contributed by atoms with E-state index < -0.39 is 24.7 Å². The molecule has 18 heavy (non-hydrogen) atoms. The Morgan fingerprint density at radius 1 is 0.778 bits per heavy atom. The second-order valence-corrected chi connectivity index (χ2v) is 4.50. The Hall–Kier alpha value is -0.420. The zero-order chi connectivity index (χ0) is 14.2. The maximum absolute atomic E-state index is 12.9. The number of rotatable bonds is 10. The molecule has 0 aromatic heterocycles. The SMILES string of the molecule is CCCCCCCCCC(F)(F)C(F)(F)C(F)F. The van der Waals surface area contributed by atoms with Crippen molar-refractivity contribution in [1.29, 1.82) is 0 Å². The van der Waals surface area contributed by atoms with Gasteiger partial charge in [-0.1, -0.05) is 45.4 Å². The highest BCUT2D eigenvalue weighted by molar-refractivity contribution is 4.86. The molecule has 0 aliphatic carbocycles. The summed E-state index contributed by atoms with van der Waals surface area (Å²) in [6.07, 6.45) is -0.644. The summed E-state index contributed by atoms with van der Waals surface area (Å²) < 4.78 is 74.3. The molecule has 0 aliphatic rings. The summed E-state index contributed by atoms with van der Waals surface area (Å²) in [5, 5.41) is 0. The van der Waals surface area contributed by atoms with Gasteiger partial charge in [-0.2, -0.15) is 17.6 Å². The van der Waals surface area contributed by atoms with Gasteiger partial charge < -0.3 is 0 Å². The van der Waals surface area contributed by atoms with Crippen LogP contribution in [-0.4, -0.2) is 18.3 Å². The van der Waals surface area contributed by atoms with Crippen molar-refractivity contribution in [3.05, 3.63) is 0 Å². The van der Waals surface area contributed by atoms with E-state index in [9.17, 15) is 26.3 Å². The van der Waals surface area contributed by atoms with Crippen LogP contribution in [0, 0.1) is 0 Å². The third kappa shape index (κ3) is 5.48. The van der Waals surface area contributed by atoms with Crippen molar-refractivity contribution in [2.24, 2.45) is 0 Å². The predicted octanol–water partition coefficient (Wildman–Crippen LogP) is 5.66. The molecule has 0 radical (unpaired) electrons. The van der Waals surface area contributed by atoms with E-state index in [1.165, 1.54) is 0 Å². The van der Waals surface area contributed by atoms with E-state index in [1.807, 2.05) is 6.92 Å². The molecule has 6 heteroatoms. The molecule has 0 aromatic rings. The van der Waals surface area contributed by atoms with E-state index in [4.69, 9.17) is 0 Å². The maximum atomic E-state index is 12.9. The van der Waals surface area contributed by atoms with Gasteiger partial charge in [-0.15, -0.1) is 0 Å². The molecule has 110 valence electrons. The Morgan fingerprint density at radius 2 is 1.22 bits per heavy atom. The normalized spacial score (nSPS) is 13.3. The molecule has 0 rings (SSSR count). The maximum Gasteiger partial charge on any atom is 0.369 e. The van der Waals surface area contributed by atoms with Crippen LogP contribution in [0.2, 0.25) is 0 Å². The lowest BCUT2D eigenvalue weighted by Gasteiger charge is -2.25. The van der Waals surface area contributed by atoms with E-state index in [2.05, 4.69) is 0 Å². The van der Waals surface area contributed by atoms with Gasteiger partial charge >= 0.3 is 18.3 Å². The summed E-state index contributed by atoms with van der Waals surface area (Å²) >= 11 is 0. The highest BCUT2D eigenvalue weighted by Crippen LogP contribution is 2.42. The molecule has 0 bridgehead atoms. The van der Waals surface area contributed by atoms with Crippen LogP contribution in [0.15, 0.2) is 0 Å². The average molecular weight is 278 g/mol. The van der Waals surface area contributed by atoms with Gasteiger partial charge in [-0.25, -0.2) is 8.78 Å². The number of hydrogen-bond acceptors (Lipinski definition) is 0. The first-order valence-corrected chi connectivity index (χ1v) is 6.29. The van der Waals surface area contributed by atoms with Gasteiger partial charge in [0.2, 0.25) is 0 Å². The van der Waals surface area contributed by atoms with Crippen LogP contribution >= 0.6 is 0 Å². The van der Waals surface area contributed by atoms with Crippen LogP contribution < -0.4 is 0 Å². The second kappa shape index (κ2) is 7.89. The minimum atomic E-state index is -5.23. The van der Waals surface area contributed by atoms with Gasteiger partial charge in [-0.05, 0) is 6.42 Å². The fraction of sp³-hybridized carbons (Fsp3) is 1.00. The smallest absolute Gasteiger partial charge is 0.203 e. The molecule has 0 amide bonds. The van der Waals surface area contributed by atoms with Crippen LogP contribution in [0.4, 0.5) is 26.3 Å². The molecule has 0 aromatic carbocycles. The summed E-state index contributed by atoms with van der Waals surface area (Å²) in [6.45, 7) is 2.03. The summed E-state index contributed by atoms with van der Waals surface area (Å²) in [5.74, 6) is -9.85. The lowest BCUT2D eigenvalue weighted by molar-refractivity contribution is -0.266. The largest absolute Gasteiger partial charge is 0.369 e. The zero-order valence-electron chi connectivity index (χ0n) is 10.5. The van der Waals surface area contributed by atoms with Crippen LogP contribution in [-0.2, 0) is 0 Å². The van der Waals surface area contributed by atoms with E-state index in [0.717, 1.165) is 25.7 Å². The van der Waals surface area contributed by atoms with Crippen LogP contribution in [0.1, 0.15) is 58.3 Å². The highest BCUT2D eigenvalue weighted by Gasteiger charge is 2.61. The highest BCUT2D eigenvalue weighted by atomic mass is 19.3. The van der Waals surface area contributed by atoms with Crippen LogP contribution in [0.5, 0.6) is 0 Å². The first-order chi connectivity index (χ1) is 8.25. The van der Waals surface area contributed by atoms with E-state index in [-0.39, 0.29) is 6.42 Å². The second-order valence-electron chi connectivity index (χ2n) is 4.50. The first kappa shape index (κ1) is 17.6. The third-order valence-corrected chi connectivity index (χ3v) is 2.86. The van der Waals surface area contributed by atoms with Crippen LogP contribution in [0.25, 0.3) is 0 Å². The molecule has 0 atom stereocenters. The molecule has 0 unspecified atom stereocenters. The van der Waals surface area contributed by atoms with Crippen molar-refractivity contribution >= 4 is 0 Å². The predicted molar refractivity (Wildman–Crippen MR) is 58.5 cm³/mol. The summed E-state index contributed by atoms with van der Waals surface area (Å²) in [4.78, 5) is 0.